The quantitative estimate of drug-likeness (QED) is 0.122. The van der Waals surface area contributed by atoms with E-state index in [0.29, 0.717) is 11.8 Å². The van der Waals surface area contributed by atoms with Gasteiger partial charge in [-0.3, -0.25) is 0 Å². The first kappa shape index (κ1) is 53.9. The van der Waals surface area contributed by atoms with Crippen LogP contribution in [0.15, 0.2) is 332 Å². The van der Waals surface area contributed by atoms with Crippen molar-refractivity contribution in [3.63, 3.8) is 0 Å². The number of rotatable bonds is 12. The number of aromatic nitrogens is 2. The Hall–Kier alpha value is -11.3. The van der Waals surface area contributed by atoms with Crippen LogP contribution in [0.5, 0.6) is 0 Å². The van der Waals surface area contributed by atoms with Gasteiger partial charge in [-0.1, -0.05) is 231 Å². The van der Waals surface area contributed by atoms with Crippen molar-refractivity contribution in [2.45, 2.75) is 0 Å². The lowest BCUT2D eigenvalue weighted by Crippen LogP contribution is -1.86. The van der Waals surface area contributed by atoms with E-state index >= 15 is 0 Å². The minimum absolute atomic E-state index is 0.469. The molecule has 17 aromatic rings. The van der Waals surface area contributed by atoms with Gasteiger partial charge in [0, 0.05) is 62.6 Å². The van der Waals surface area contributed by atoms with Crippen molar-refractivity contribution in [2.24, 2.45) is 0 Å². The Morgan fingerprint density at radius 3 is 0.769 bits per heavy atom. The van der Waals surface area contributed by atoms with Crippen LogP contribution in [0.25, 0.3) is 175 Å². The lowest BCUT2D eigenvalue weighted by Gasteiger charge is -2.11. The van der Waals surface area contributed by atoms with Crippen molar-refractivity contribution >= 4 is 63.0 Å². The van der Waals surface area contributed by atoms with Crippen molar-refractivity contribution in [1.82, 2.24) is 10.2 Å². The molecule has 0 amide bonds. The third-order valence-corrected chi connectivity index (χ3v) is 20.1. The molecule has 0 radical (unpaired) electrons. The fourth-order valence-corrected chi connectivity index (χ4v) is 15.4. The molecule has 426 valence electrons. The van der Waals surface area contributed by atoms with Gasteiger partial charge in [0.05, 0.1) is 0 Å². The van der Waals surface area contributed by atoms with Gasteiger partial charge in [-0.25, -0.2) is 0 Å². The summed E-state index contributed by atoms with van der Waals surface area (Å²) in [7, 11) is 0. The van der Waals surface area contributed by atoms with E-state index in [1.165, 1.54) is 129 Å². The van der Waals surface area contributed by atoms with Gasteiger partial charge < -0.3 is 4.42 Å². The first-order valence-electron chi connectivity index (χ1n) is 30.7. The third kappa shape index (κ3) is 10.3. The maximum absolute atomic E-state index is 6.56. The van der Waals surface area contributed by atoms with Crippen LogP contribution in [0.4, 0.5) is 0 Å². The van der Waals surface area contributed by atoms with Crippen molar-refractivity contribution in [3.8, 4) is 134 Å². The summed E-state index contributed by atoms with van der Waals surface area (Å²) < 4.78 is 11.6. The Balaban J connectivity index is 0.710. The molecule has 3 nitrogen and oxygen atoms in total. The molecule has 0 aliphatic rings. The summed E-state index contributed by atoms with van der Waals surface area (Å²) in [6.45, 7) is 0. The minimum atomic E-state index is 0.469. The molecule has 5 heteroatoms. The molecule has 91 heavy (non-hydrogen) atoms. The van der Waals surface area contributed by atoms with Crippen molar-refractivity contribution < 1.29 is 4.42 Å². The summed E-state index contributed by atoms with van der Waals surface area (Å²) in [5.41, 5.74) is 25.3. The predicted octanol–water partition coefficient (Wildman–Crippen LogP) is 24.8. The zero-order valence-electron chi connectivity index (χ0n) is 49.3. The molecule has 14 aromatic carbocycles. The molecule has 0 N–H and O–H groups in total. The van der Waals surface area contributed by atoms with E-state index in [1.54, 1.807) is 0 Å². The monoisotopic (exact) mass is 1190 g/mol. The average molecular weight is 1200 g/mol. The van der Waals surface area contributed by atoms with Crippen LogP contribution in [0.3, 0.4) is 0 Å². The summed E-state index contributed by atoms with van der Waals surface area (Å²) in [4.78, 5) is 0. The summed E-state index contributed by atoms with van der Waals surface area (Å²) in [6.07, 6.45) is 0. The third-order valence-electron chi connectivity index (χ3n) is 17.7. The molecule has 0 aliphatic carbocycles. The van der Waals surface area contributed by atoms with E-state index in [2.05, 4.69) is 338 Å². The second-order valence-corrected chi connectivity index (χ2v) is 25.4. The lowest BCUT2D eigenvalue weighted by atomic mass is 9.93. The second-order valence-electron chi connectivity index (χ2n) is 23.3. The van der Waals surface area contributed by atoms with Gasteiger partial charge in [0.15, 0.2) is 0 Å². The van der Waals surface area contributed by atoms with E-state index < -0.39 is 0 Å². The average Bonchev–Trinajstić information content (AvgIpc) is 1.69. The van der Waals surface area contributed by atoms with Crippen LogP contribution >= 0.6 is 22.7 Å². The standard InChI is InChI=1S/C86H54N2OS2/c1-5-17-55(18-6-1)63-25-13-29-67(45-63)71-41-43-81-77(49-71)79-53-73(69-31-15-27-65(47-69)57-21-9-3-10-22-57)51-75(83(79)90-81)59-33-37-61(38-34-59)85-87-88-86(89-85)62-39-35-60(36-40-62)76-52-74(70-32-16-28-66(48-70)58-23-11-4-12-24-58)54-80-78-50-72(42-44-82(78)91-84(76)80)68-30-14-26-64(46-68)56-19-7-2-8-20-56/h1-54H. The van der Waals surface area contributed by atoms with Crippen molar-refractivity contribution in [1.29, 1.82) is 0 Å². The Bertz CT molecular complexity index is 5210. The first-order valence-corrected chi connectivity index (χ1v) is 32.4. The summed E-state index contributed by atoms with van der Waals surface area (Å²) in [6, 6.07) is 119. The van der Waals surface area contributed by atoms with E-state index in [-0.39, 0.29) is 0 Å². The summed E-state index contributed by atoms with van der Waals surface area (Å²) in [5, 5.41) is 14.2. The molecular formula is C86H54N2OS2. The highest BCUT2D eigenvalue weighted by Crippen LogP contribution is 2.47. The van der Waals surface area contributed by atoms with Crippen LogP contribution in [0.2, 0.25) is 0 Å². The lowest BCUT2D eigenvalue weighted by molar-refractivity contribution is 0.584. The SMILES string of the molecule is c1ccc(-c2cccc(-c3ccc4sc5c(-c6ccc(-c7nnc(-c8ccc(-c9cc(-c%10cccc(-c%11ccccc%11)c%10)cc%10c9sc9ccc(-c%11cccc(-c%12ccccc%12)c%11)cc9%10)cc8)o7)cc6)cc(-c6cccc(-c7ccccc7)c6)cc5c4c3)c2)cc1. The molecule has 0 saturated carbocycles. The molecule has 0 atom stereocenters. The van der Waals surface area contributed by atoms with E-state index in [9.17, 15) is 0 Å². The molecule has 0 fully saturated rings. The maximum atomic E-state index is 6.56. The molecular weight excluding hydrogens is 1140 g/mol. The van der Waals surface area contributed by atoms with E-state index in [0.717, 1.165) is 33.4 Å². The van der Waals surface area contributed by atoms with Gasteiger partial charge in [-0.15, -0.1) is 32.9 Å². The molecule has 3 aromatic heterocycles. The Labute approximate surface area is 535 Å². The molecule has 0 bridgehead atoms. The minimum Gasteiger partial charge on any atom is -0.416 e. The Morgan fingerprint density at radius 1 is 0.187 bits per heavy atom. The van der Waals surface area contributed by atoms with Crippen LogP contribution in [-0.4, -0.2) is 10.2 Å². The normalized spacial score (nSPS) is 11.5. The zero-order chi connectivity index (χ0) is 60.2. The van der Waals surface area contributed by atoms with Crippen LogP contribution in [0, 0.1) is 0 Å². The predicted molar refractivity (Wildman–Crippen MR) is 385 cm³/mol. The molecule has 0 aliphatic heterocycles. The highest BCUT2D eigenvalue weighted by Gasteiger charge is 2.20. The number of benzene rings is 14. The van der Waals surface area contributed by atoms with Crippen LogP contribution in [0.1, 0.15) is 0 Å². The van der Waals surface area contributed by atoms with E-state index in [1.807, 2.05) is 22.7 Å². The summed E-state index contributed by atoms with van der Waals surface area (Å²) >= 11 is 3.70. The van der Waals surface area contributed by atoms with Gasteiger partial charge >= 0.3 is 0 Å². The smallest absolute Gasteiger partial charge is 0.248 e. The molecule has 0 unspecified atom stereocenters. The fraction of sp³-hybridized carbons (Fsp3) is 0. The topological polar surface area (TPSA) is 38.9 Å². The van der Waals surface area contributed by atoms with Crippen LogP contribution in [-0.2, 0) is 0 Å². The van der Waals surface area contributed by atoms with Gasteiger partial charge in [0.1, 0.15) is 0 Å². The van der Waals surface area contributed by atoms with Crippen molar-refractivity contribution in [2.75, 3.05) is 0 Å². The van der Waals surface area contributed by atoms with Gasteiger partial charge in [0.2, 0.25) is 11.8 Å². The zero-order valence-corrected chi connectivity index (χ0v) is 50.9. The Morgan fingerprint density at radius 2 is 0.440 bits per heavy atom. The summed E-state index contributed by atoms with van der Waals surface area (Å²) in [5.74, 6) is 0.938. The molecule has 0 saturated heterocycles. The van der Waals surface area contributed by atoms with Gasteiger partial charge in [-0.2, -0.15) is 0 Å². The largest absolute Gasteiger partial charge is 0.416 e. The second kappa shape index (κ2) is 23.0. The van der Waals surface area contributed by atoms with Crippen LogP contribution < -0.4 is 0 Å². The van der Waals surface area contributed by atoms with Gasteiger partial charge in [-0.05, 0) is 197 Å². The highest BCUT2D eigenvalue weighted by molar-refractivity contribution is 7.26. The number of nitrogens with zero attached hydrogens (tertiary/aromatic N) is 2. The molecule has 17 rings (SSSR count). The fourth-order valence-electron chi connectivity index (χ4n) is 13.0. The van der Waals surface area contributed by atoms with Crippen molar-refractivity contribution in [3.05, 3.63) is 328 Å². The number of fused-ring (bicyclic) bond motifs is 6. The number of thiophene rings is 2. The Kier molecular flexibility index (Phi) is 13.6. The van der Waals surface area contributed by atoms with Gasteiger partial charge in [0.25, 0.3) is 0 Å². The highest BCUT2D eigenvalue weighted by atomic mass is 32.1. The molecule has 3 heterocycles. The maximum Gasteiger partial charge on any atom is 0.248 e. The first-order chi connectivity index (χ1) is 45.0. The molecule has 0 spiro atoms. The number of hydrogen-bond donors (Lipinski definition) is 0. The van der Waals surface area contributed by atoms with E-state index in [4.69, 9.17) is 4.42 Å². The number of hydrogen-bond acceptors (Lipinski definition) is 5.